The molecule has 1 heterocycles. The van der Waals surface area contributed by atoms with Gasteiger partial charge in [0.15, 0.2) is 0 Å². The van der Waals surface area contributed by atoms with E-state index in [1.165, 1.54) is 16.7 Å². The largest absolute Gasteiger partial charge is 0.444 e. The summed E-state index contributed by atoms with van der Waals surface area (Å²) >= 11 is 0. The van der Waals surface area contributed by atoms with E-state index < -0.39 is 5.60 Å². The lowest BCUT2D eigenvalue weighted by atomic mass is 9.97. The van der Waals surface area contributed by atoms with Crippen LogP contribution in [-0.2, 0) is 11.2 Å². The number of benzene rings is 1. The molecular formula is C24H37N3O2. The highest BCUT2D eigenvalue weighted by molar-refractivity contribution is 5.69. The Hall–Kier alpha value is -2.30. The third-order valence-electron chi connectivity index (χ3n) is 5.55. The summed E-state index contributed by atoms with van der Waals surface area (Å²) in [7, 11) is 0. The molecule has 0 bridgehead atoms. The summed E-state index contributed by atoms with van der Waals surface area (Å²) in [5.41, 5.74) is 5.53. The van der Waals surface area contributed by atoms with E-state index in [4.69, 9.17) is 4.74 Å². The number of hydrogen-bond acceptors (Lipinski definition) is 3. The molecule has 29 heavy (non-hydrogen) atoms. The van der Waals surface area contributed by atoms with Crippen molar-refractivity contribution >= 4 is 6.09 Å². The Bertz CT molecular complexity index is 848. The van der Waals surface area contributed by atoms with Crippen molar-refractivity contribution in [3.63, 3.8) is 0 Å². The standard InChI is InChI=1S/C24H37N3O2/c1-10-16(4)27(23(28)29-24(7,8)9)18(6)22-25-14-21(26-22)20-12-15(3)17(5)19(11-2)13-20/h12-14,16,18H,10-11H2,1-9H3,(H,25,26). The molecule has 2 aromatic rings. The molecule has 2 atom stereocenters. The van der Waals surface area contributed by atoms with Crippen LogP contribution in [0.4, 0.5) is 4.79 Å². The predicted octanol–water partition coefficient (Wildman–Crippen LogP) is 6.35. The third kappa shape index (κ3) is 5.40. The molecule has 0 aliphatic rings. The van der Waals surface area contributed by atoms with E-state index in [0.29, 0.717) is 0 Å². The zero-order valence-electron chi connectivity index (χ0n) is 19.5. The normalized spacial score (nSPS) is 13.8. The van der Waals surface area contributed by atoms with Gasteiger partial charge in [-0.3, -0.25) is 4.90 Å². The van der Waals surface area contributed by atoms with Gasteiger partial charge >= 0.3 is 6.09 Å². The Morgan fingerprint density at radius 2 is 1.86 bits per heavy atom. The Morgan fingerprint density at radius 3 is 2.41 bits per heavy atom. The maximum Gasteiger partial charge on any atom is 0.411 e. The molecule has 0 fully saturated rings. The zero-order valence-corrected chi connectivity index (χ0v) is 19.5. The second-order valence-electron chi connectivity index (χ2n) is 8.93. The Morgan fingerprint density at radius 1 is 1.21 bits per heavy atom. The van der Waals surface area contributed by atoms with Gasteiger partial charge in [-0.05, 0) is 90.1 Å². The minimum absolute atomic E-state index is 0.0433. The first-order valence-corrected chi connectivity index (χ1v) is 10.6. The first kappa shape index (κ1) is 23.0. The van der Waals surface area contributed by atoms with Crippen LogP contribution in [0.2, 0.25) is 0 Å². The number of carbonyl (C=O) groups is 1. The smallest absolute Gasteiger partial charge is 0.411 e. The molecular weight excluding hydrogens is 362 g/mol. The predicted molar refractivity (Wildman–Crippen MR) is 119 cm³/mol. The van der Waals surface area contributed by atoms with Crippen molar-refractivity contribution in [1.82, 2.24) is 14.9 Å². The number of nitrogens with zero attached hydrogens (tertiary/aromatic N) is 2. The van der Waals surface area contributed by atoms with Gasteiger partial charge in [0.1, 0.15) is 11.4 Å². The quantitative estimate of drug-likeness (QED) is 0.615. The molecule has 1 N–H and O–H groups in total. The molecule has 5 heteroatoms. The van der Waals surface area contributed by atoms with Crippen molar-refractivity contribution in [2.24, 2.45) is 0 Å². The van der Waals surface area contributed by atoms with Crippen molar-refractivity contribution in [2.75, 3.05) is 0 Å². The molecule has 1 aromatic heterocycles. The third-order valence-corrected chi connectivity index (χ3v) is 5.55. The SMILES string of the molecule is CCc1cc(-c2cnc(C(C)N(C(=O)OC(C)(C)C)C(C)CC)[nH]2)cc(C)c1C. The Kier molecular flexibility index (Phi) is 7.15. The van der Waals surface area contributed by atoms with Crippen molar-refractivity contribution in [3.8, 4) is 11.3 Å². The number of rotatable bonds is 6. The first-order valence-electron chi connectivity index (χ1n) is 10.6. The van der Waals surface area contributed by atoms with Crippen LogP contribution in [0, 0.1) is 13.8 Å². The summed E-state index contributed by atoms with van der Waals surface area (Å²) in [5, 5.41) is 0. The van der Waals surface area contributed by atoms with Crippen LogP contribution < -0.4 is 0 Å². The number of aromatic nitrogens is 2. The van der Waals surface area contributed by atoms with E-state index in [-0.39, 0.29) is 18.2 Å². The van der Waals surface area contributed by atoms with Crippen LogP contribution in [0.15, 0.2) is 18.3 Å². The fourth-order valence-electron chi connectivity index (χ4n) is 3.51. The number of hydrogen-bond donors (Lipinski definition) is 1. The van der Waals surface area contributed by atoms with E-state index in [1.54, 1.807) is 4.90 Å². The topological polar surface area (TPSA) is 58.2 Å². The average molecular weight is 400 g/mol. The fraction of sp³-hybridized carbons (Fsp3) is 0.583. The summed E-state index contributed by atoms with van der Waals surface area (Å²) in [6.45, 7) is 18.3. The van der Waals surface area contributed by atoms with Gasteiger partial charge in [-0.1, -0.05) is 13.8 Å². The van der Waals surface area contributed by atoms with Crippen molar-refractivity contribution in [3.05, 3.63) is 40.8 Å². The van der Waals surface area contributed by atoms with Gasteiger partial charge in [0, 0.05) is 11.6 Å². The molecule has 0 aliphatic heterocycles. The van der Waals surface area contributed by atoms with Crippen LogP contribution >= 0.6 is 0 Å². The number of H-pyrrole nitrogens is 1. The maximum atomic E-state index is 12.9. The summed E-state index contributed by atoms with van der Waals surface area (Å²) in [6.07, 6.45) is 3.39. The lowest BCUT2D eigenvalue weighted by Gasteiger charge is -2.34. The van der Waals surface area contributed by atoms with E-state index in [2.05, 4.69) is 49.8 Å². The minimum Gasteiger partial charge on any atom is -0.444 e. The van der Waals surface area contributed by atoms with Gasteiger partial charge in [0.25, 0.3) is 0 Å². The zero-order chi connectivity index (χ0) is 21.9. The van der Waals surface area contributed by atoms with Gasteiger partial charge < -0.3 is 9.72 Å². The molecule has 0 spiro atoms. The molecule has 1 aromatic carbocycles. The number of imidazole rings is 1. The molecule has 5 nitrogen and oxygen atoms in total. The van der Waals surface area contributed by atoms with E-state index >= 15 is 0 Å². The number of aromatic amines is 1. The Balaban J connectivity index is 2.36. The second-order valence-corrected chi connectivity index (χ2v) is 8.93. The lowest BCUT2D eigenvalue weighted by molar-refractivity contribution is 0.00697. The molecule has 2 rings (SSSR count). The number of amides is 1. The van der Waals surface area contributed by atoms with Crippen molar-refractivity contribution in [2.45, 2.75) is 92.8 Å². The molecule has 0 saturated carbocycles. The van der Waals surface area contributed by atoms with Crippen LogP contribution in [0.5, 0.6) is 0 Å². The van der Waals surface area contributed by atoms with Crippen LogP contribution in [0.25, 0.3) is 11.3 Å². The van der Waals surface area contributed by atoms with Crippen LogP contribution in [-0.4, -0.2) is 32.6 Å². The molecule has 160 valence electrons. The van der Waals surface area contributed by atoms with Gasteiger partial charge in [0.05, 0.1) is 17.9 Å². The molecule has 0 saturated heterocycles. The Labute approximate surface area is 175 Å². The van der Waals surface area contributed by atoms with Gasteiger partial charge in [-0.25, -0.2) is 9.78 Å². The van der Waals surface area contributed by atoms with Gasteiger partial charge in [-0.2, -0.15) is 0 Å². The second kappa shape index (κ2) is 9.02. The van der Waals surface area contributed by atoms with E-state index in [1.807, 2.05) is 40.8 Å². The number of ether oxygens (including phenoxy) is 1. The minimum atomic E-state index is -0.535. The summed E-state index contributed by atoms with van der Waals surface area (Å²) < 4.78 is 5.66. The van der Waals surface area contributed by atoms with Crippen molar-refractivity contribution < 1.29 is 9.53 Å². The van der Waals surface area contributed by atoms with Crippen molar-refractivity contribution in [1.29, 1.82) is 0 Å². The number of aryl methyl sites for hydroxylation is 2. The molecule has 0 radical (unpaired) electrons. The fourth-order valence-corrected chi connectivity index (χ4v) is 3.51. The molecule has 0 aliphatic carbocycles. The summed E-state index contributed by atoms with van der Waals surface area (Å²) in [6, 6.07) is 4.24. The number of nitrogens with one attached hydrogen (secondary N) is 1. The highest BCUT2D eigenvalue weighted by Gasteiger charge is 2.31. The van der Waals surface area contributed by atoms with E-state index in [9.17, 15) is 4.79 Å². The highest BCUT2D eigenvalue weighted by atomic mass is 16.6. The van der Waals surface area contributed by atoms with Crippen LogP contribution in [0.1, 0.15) is 83.4 Å². The lowest BCUT2D eigenvalue weighted by Crippen LogP contribution is -2.43. The first-order chi connectivity index (χ1) is 13.5. The van der Waals surface area contributed by atoms with Gasteiger partial charge in [0.2, 0.25) is 0 Å². The molecule has 1 amide bonds. The highest BCUT2D eigenvalue weighted by Crippen LogP contribution is 2.28. The van der Waals surface area contributed by atoms with Gasteiger partial charge in [-0.15, -0.1) is 0 Å². The molecule has 2 unspecified atom stereocenters. The maximum absolute atomic E-state index is 12.9. The summed E-state index contributed by atoms with van der Waals surface area (Å²) in [5.74, 6) is 0.766. The average Bonchev–Trinajstić information content (AvgIpc) is 3.12. The summed E-state index contributed by atoms with van der Waals surface area (Å²) in [4.78, 5) is 22.7. The monoisotopic (exact) mass is 399 g/mol. The van der Waals surface area contributed by atoms with E-state index in [0.717, 1.165) is 29.9 Å². The number of carbonyl (C=O) groups excluding carboxylic acids is 1. The van der Waals surface area contributed by atoms with Crippen LogP contribution in [0.3, 0.4) is 0 Å².